The van der Waals surface area contributed by atoms with Crippen LogP contribution < -0.4 is 14.8 Å². The summed E-state index contributed by atoms with van der Waals surface area (Å²) in [5, 5.41) is 11.9. The van der Waals surface area contributed by atoms with Crippen LogP contribution in [0.2, 0.25) is 0 Å². The van der Waals surface area contributed by atoms with Crippen LogP contribution in [0.1, 0.15) is 17.3 Å². The van der Waals surface area contributed by atoms with Crippen molar-refractivity contribution in [2.45, 2.75) is 18.6 Å². The summed E-state index contributed by atoms with van der Waals surface area (Å²) in [6, 6.07) is 12.2. The zero-order chi connectivity index (χ0) is 23.1. The normalized spacial score (nSPS) is 10.5. The lowest BCUT2D eigenvalue weighted by Gasteiger charge is -2.11. The molecule has 3 rings (SSSR count). The van der Waals surface area contributed by atoms with Gasteiger partial charge in [0.1, 0.15) is 11.5 Å². The van der Waals surface area contributed by atoms with Gasteiger partial charge in [-0.15, -0.1) is 10.2 Å². The molecule has 168 valence electrons. The van der Waals surface area contributed by atoms with E-state index in [-0.39, 0.29) is 11.7 Å². The number of nitrogens with one attached hydrogen (secondary N) is 1. The molecule has 0 bridgehead atoms. The van der Waals surface area contributed by atoms with E-state index < -0.39 is 5.97 Å². The van der Waals surface area contributed by atoms with Gasteiger partial charge in [0.05, 0.1) is 38.3 Å². The molecule has 1 heterocycles. The van der Waals surface area contributed by atoms with Gasteiger partial charge in [0.15, 0.2) is 11.0 Å². The fourth-order valence-corrected chi connectivity index (χ4v) is 3.83. The fourth-order valence-electron chi connectivity index (χ4n) is 3.03. The van der Waals surface area contributed by atoms with E-state index in [9.17, 15) is 9.59 Å². The topological polar surface area (TPSA) is 105 Å². The third-order valence-corrected chi connectivity index (χ3v) is 5.55. The molecule has 32 heavy (non-hydrogen) atoms. The van der Waals surface area contributed by atoms with Crippen LogP contribution in [0.5, 0.6) is 11.5 Å². The number of carbonyl (C=O) groups excluding carboxylic acids is 2. The Morgan fingerprint density at radius 2 is 1.72 bits per heavy atom. The number of aromatic nitrogens is 3. The van der Waals surface area contributed by atoms with Gasteiger partial charge in [-0.05, 0) is 31.2 Å². The Kier molecular flexibility index (Phi) is 7.72. The number of carbonyl (C=O) groups is 2. The summed E-state index contributed by atoms with van der Waals surface area (Å²) in [7, 11) is 4.46. The zero-order valence-electron chi connectivity index (χ0n) is 18.2. The second kappa shape index (κ2) is 10.7. The maximum absolute atomic E-state index is 12.5. The Morgan fingerprint density at radius 3 is 2.34 bits per heavy atom. The molecule has 3 aromatic rings. The quantitative estimate of drug-likeness (QED) is 0.385. The van der Waals surface area contributed by atoms with Crippen LogP contribution in [0, 0.1) is 0 Å². The predicted molar refractivity (Wildman–Crippen MR) is 121 cm³/mol. The van der Waals surface area contributed by atoms with Gasteiger partial charge < -0.3 is 24.1 Å². The monoisotopic (exact) mass is 456 g/mol. The zero-order valence-corrected chi connectivity index (χ0v) is 19.1. The maximum Gasteiger partial charge on any atom is 0.339 e. The average molecular weight is 457 g/mol. The lowest BCUT2D eigenvalue weighted by Crippen LogP contribution is -2.17. The summed E-state index contributed by atoms with van der Waals surface area (Å²) in [5.41, 5.74) is 1.48. The number of rotatable bonds is 9. The Hall–Kier alpha value is -3.53. The first-order valence-electron chi connectivity index (χ1n) is 9.77. The Balaban J connectivity index is 1.76. The highest BCUT2D eigenvalue weighted by atomic mass is 32.2. The van der Waals surface area contributed by atoms with E-state index in [0.29, 0.717) is 40.3 Å². The van der Waals surface area contributed by atoms with Crippen molar-refractivity contribution in [3.05, 3.63) is 48.0 Å². The van der Waals surface area contributed by atoms with Crippen LogP contribution in [0.15, 0.2) is 47.6 Å². The predicted octanol–water partition coefficient (Wildman–Crippen LogP) is 3.50. The average Bonchev–Trinajstić information content (AvgIpc) is 3.25. The van der Waals surface area contributed by atoms with Gasteiger partial charge in [0, 0.05) is 18.2 Å². The molecule has 9 nitrogen and oxygen atoms in total. The molecule has 0 aliphatic heterocycles. The molecule has 1 amide bonds. The van der Waals surface area contributed by atoms with Gasteiger partial charge in [-0.2, -0.15) is 0 Å². The summed E-state index contributed by atoms with van der Waals surface area (Å²) >= 11 is 1.25. The highest BCUT2D eigenvalue weighted by Gasteiger charge is 2.18. The lowest BCUT2D eigenvalue weighted by molar-refractivity contribution is -0.113. The van der Waals surface area contributed by atoms with Crippen molar-refractivity contribution < 1.29 is 23.8 Å². The smallest absolute Gasteiger partial charge is 0.339 e. The molecule has 0 saturated carbocycles. The number of methoxy groups -OCH3 is 3. The van der Waals surface area contributed by atoms with Crippen molar-refractivity contribution >= 4 is 29.3 Å². The van der Waals surface area contributed by atoms with Crippen molar-refractivity contribution in [3.8, 4) is 22.9 Å². The van der Waals surface area contributed by atoms with E-state index >= 15 is 0 Å². The molecule has 1 aromatic heterocycles. The molecule has 0 unspecified atom stereocenters. The number of amides is 1. The van der Waals surface area contributed by atoms with Crippen LogP contribution >= 0.6 is 11.8 Å². The van der Waals surface area contributed by atoms with Crippen LogP contribution in [-0.2, 0) is 16.1 Å². The Labute approximate surface area is 190 Å². The van der Waals surface area contributed by atoms with Crippen molar-refractivity contribution in [2.75, 3.05) is 32.4 Å². The number of nitrogens with zero attached hydrogens (tertiary/aromatic N) is 3. The minimum atomic E-state index is -0.516. The SMILES string of the molecule is CCn1c(SCC(=O)Nc2ccccc2C(=O)OC)nnc1-c1cc(OC)cc(OC)c1. The van der Waals surface area contributed by atoms with Crippen LogP contribution in [-0.4, -0.2) is 53.7 Å². The molecule has 2 aromatic carbocycles. The van der Waals surface area contributed by atoms with Gasteiger partial charge >= 0.3 is 5.97 Å². The molecule has 0 spiro atoms. The summed E-state index contributed by atoms with van der Waals surface area (Å²) < 4.78 is 17.4. The standard InChI is InChI=1S/C22H24N4O5S/c1-5-26-20(14-10-15(29-2)12-16(11-14)30-3)24-25-22(26)32-13-19(27)23-18-9-7-6-8-17(18)21(28)31-4/h6-12H,5,13H2,1-4H3,(H,23,27). The van der Waals surface area contributed by atoms with Gasteiger partial charge in [0.2, 0.25) is 5.91 Å². The Bertz CT molecular complexity index is 1090. The van der Waals surface area contributed by atoms with E-state index in [1.165, 1.54) is 18.9 Å². The minimum Gasteiger partial charge on any atom is -0.497 e. The Morgan fingerprint density at radius 1 is 1.03 bits per heavy atom. The van der Waals surface area contributed by atoms with Crippen molar-refractivity contribution in [3.63, 3.8) is 0 Å². The number of para-hydroxylation sites is 1. The first-order valence-corrected chi connectivity index (χ1v) is 10.8. The van der Waals surface area contributed by atoms with Crippen LogP contribution in [0.3, 0.4) is 0 Å². The summed E-state index contributed by atoms with van der Waals surface area (Å²) in [6.45, 7) is 2.58. The van der Waals surface area contributed by atoms with Gasteiger partial charge in [-0.3, -0.25) is 4.79 Å². The number of thioether (sulfide) groups is 1. The molecule has 0 radical (unpaired) electrons. The molecule has 0 aliphatic rings. The molecule has 0 fully saturated rings. The van der Waals surface area contributed by atoms with E-state index in [2.05, 4.69) is 15.5 Å². The molecule has 1 N–H and O–H groups in total. The van der Waals surface area contributed by atoms with Crippen molar-refractivity contribution in [1.82, 2.24) is 14.8 Å². The third kappa shape index (κ3) is 5.20. The summed E-state index contributed by atoms with van der Waals surface area (Å²) in [5.74, 6) is 1.23. The van der Waals surface area contributed by atoms with Crippen molar-refractivity contribution in [2.24, 2.45) is 0 Å². The largest absolute Gasteiger partial charge is 0.497 e. The highest BCUT2D eigenvalue weighted by molar-refractivity contribution is 7.99. The van der Waals surface area contributed by atoms with Gasteiger partial charge in [-0.25, -0.2) is 4.79 Å². The minimum absolute atomic E-state index is 0.0923. The van der Waals surface area contributed by atoms with E-state index in [1.54, 1.807) is 44.6 Å². The molecule has 10 heteroatoms. The number of ether oxygens (including phenoxy) is 3. The molecule has 0 atom stereocenters. The first-order chi connectivity index (χ1) is 15.5. The third-order valence-electron chi connectivity index (χ3n) is 4.58. The first kappa shape index (κ1) is 23.1. The number of esters is 1. The van der Waals surface area contributed by atoms with Crippen LogP contribution in [0.25, 0.3) is 11.4 Å². The molecule has 0 saturated heterocycles. The van der Waals surface area contributed by atoms with E-state index in [4.69, 9.17) is 14.2 Å². The van der Waals surface area contributed by atoms with Crippen LogP contribution in [0.4, 0.5) is 5.69 Å². The van der Waals surface area contributed by atoms with Gasteiger partial charge in [0.25, 0.3) is 0 Å². The van der Waals surface area contributed by atoms with Gasteiger partial charge in [-0.1, -0.05) is 23.9 Å². The number of anilines is 1. The maximum atomic E-state index is 12.5. The summed E-state index contributed by atoms with van der Waals surface area (Å²) in [6.07, 6.45) is 0. The summed E-state index contributed by atoms with van der Waals surface area (Å²) in [4.78, 5) is 24.4. The lowest BCUT2D eigenvalue weighted by atomic mass is 10.2. The molecular formula is C22H24N4O5S. The van der Waals surface area contributed by atoms with E-state index in [1.807, 2.05) is 23.6 Å². The fraction of sp³-hybridized carbons (Fsp3) is 0.273. The number of benzene rings is 2. The molecular weight excluding hydrogens is 432 g/mol. The second-order valence-electron chi connectivity index (χ2n) is 6.53. The number of hydrogen-bond donors (Lipinski definition) is 1. The molecule has 0 aliphatic carbocycles. The second-order valence-corrected chi connectivity index (χ2v) is 7.47. The highest BCUT2D eigenvalue weighted by Crippen LogP contribution is 2.31. The number of hydrogen-bond acceptors (Lipinski definition) is 8. The van der Waals surface area contributed by atoms with E-state index in [0.717, 1.165) is 5.56 Å². The van der Waals surface area contributed by atoms with Crippen molar-refractivity contribution in [1.29, 1.82) is 0 Å².